The van der Waals surface area contributed by atoms with Gasteiger partial charge in [-0.25, -0.2) is 4.79 Å². The van der Waals surface area contributed by atoms with E-state index in [1.54, 1.807) is 0 Å². The molecule has 1 saturated heterocycles. The summed E-state index contributed by atoms with van der Waals surface area (Å²) in [5, 5.41) is 0. The first kappa shape index (κ1) is 17.5. The van der Waals surface area contributed by atoms with E-state index in [2.05, 4.69) is 12.7 Å². The van der Waals surface area contributed by atoms with Crippen LogP contribution in [0.15, 0.2) is 35.5 Å². The van der Waals surface area contributed by atoms with Gasteiger partial charge in [0.2, 0.25) is 5.91 Å². The number of fused-ring (bicyclic) bond motifs is 1. The molecule has 1 fully saturated rings. The van der Waals surface area contributed by atoms with Crippen LogP contribution in [-0.2, 0) is 14.3 Å². The number of hydrogen-bond donors (Lipinski definition) is 0. The molecule has 1 amide bonds. The van der Waals surface area contributed by atoms with Crippen molar-refractivity contribution in [3.63, 3.8) is 0 Å². The molecule has 2 atom stereocenters. The van der Waals surface area contributed by atoms with Crippen LogP contribution in [-0.4, -0.2) is 36.0 Å². The lowest BCUT2D eigenvalue weighted by molar-refractivity contribution is -0.137. The van der Waals surface area contributed by atoms with E-state index >= 15 is 0 Å². The van der Waals surface area contributed by atoms with Crippen molar-refractivity contribution < 1.29 is 14.3 Å². The fourth-order valence-electron chi connectivity index (χ4n) is 3.28. The highest BCUT2D eigenvalue weighted by Crippen LogP contribution is 2.34. The van der Waals surface area contributed by atoms with Gasteiger partial charge in [0.25, 0.3) is 0 Å². The van der Waals surface area contributed by atoms with Crippen LogP contribution >= 0.6 is 0 Å². The summed E-state index contributed by atoms with van der Waals surface area (Å²) in [6, 6.07) is 0. The van der Waals surface area contributed by atoms with E-state index in [1.807, 2.05) is 31.7 Å². The number of ether oxygens (including phenoxy) is 1. The van der Waals surface area contributed by atoms with E-state index < -0.39 is 0 Å². The predicted octanol–water partition coefficient (Wildman–Crippen LogP) is 3.40. The summed E-state index contributed by atoms with van der Waals surface area (Å²) in [5.41, 5.74) is 2.58. The minimum atomic E-state index is -0.302. The van der Waals surface area contributed by atoms with Crippen LogP contribution < -0.4 is 0 Å². The minimum Gasteiger partial charge on any atom is -0.454 e. The standard InChI is InChI=1S/C19H27NO3/c1-5-20(6-2)18(21)15-9-7-8-13(3)12-17-16(11-10-15)14(4)19(22)23-17/h9,12,16-17H,4-8,10-11H2,1-3H3/t16-,17-/m1/s1. The lowest BCUT2D eigenvalue weighted by Crippen LogP contribution is -2.32. The van der Waals surface area contributed by atoms with Gasteiger partial charge in [0.05, 0.1) is 0 Å². The monoisotopic (exact) mass is 317 g/mol. The van der Waals surface area contributed by atoms with E-state index in [0.717, 1.165) is 24.8 Å². The SMILES string of the molecule is C=C1C(=O)O[C@@H]2C=C(C)CCC=C(C(=O)N(CC)CC)CC[C@H]12. The van der Waals surface area contributed by atoms with Gasteiger partial charge in [-0.15, -0.1) is 0 Å². The summed E-state index contributed by atoms with van der Waals surface area (Å²) in [4.78, 5) is 26.3. The van der Waals surface area contributed by atoms with Gasteiger partial charge in [-0.1, -0.05) is 18.2 Å². The summed E-state index contributed by atoms with van der Waals surface area (Å²) in [6.07, 6.45) is 7.00. The average Bonchev–Trinajstić information content (AvgIpc) is 2.78. The van der Waals surface area contributed by atoms with Crippen molar-refractivity contribution in [1.82, 2.24) is 4.90 Å². The molecule has 0 unspecified atom stereocenters. The van der Waals surface area contributed by atoms with Crippen molar-refractivity contribution in [2.24, 2.45) is 5.92 Å². The summed E-state index contributed by atoms with van der Waals surface area (Å²) in [6.45, 7) is 11.4. The Morgan fingerprint density at radius 2 is 2.04 bits per heavy atom. The first-order valence-electron chi connectivity index (χ1n) is 8.53. The molecule has 0 spiro atoms. The molecule has 4 nitrogen and oxygen atoms in total. The van der Waals surface area contributed by atoms with E-state index in [9.17, 15) is 9.59 Å². The molecule has 1 aliphatic carbocycles. The zero-order chi connectivity index (χ0) is 17.0. The Hall–Kier alpha value is -1.84. The second-order valence-electron chi connectivity index (χ2n) is 6.30. The molecule has 1 aliphatic heterocycles. The highest BCUT2D eigenvalue weighted by molar-refractivity contribution is 5.93. The third kappa shape index (κ3) is 3.92. The third-order valence-corrected chi connectivity index (χ3v) is 4.78. The van der Waals surface area contributed by atoms with Gasteiger partial charge in [-0.2, -0.15) is 0 Å². The normalized spacial score (nSPS) is 25.2. The zero-order valence-electron chi connectivity index (χ0n) is 14.4. The number of amides is 1. The molecule has 0 bridgehead atoms. The van der Waals surface area contributed by atoms with Crippen molar-refractivity contribution in [3.8, 4) is 0 Å². The van der Waals surface area contributed by atoms with Crippen LogP contribution in [0.25, 0.3) is 0 Å². The van der Waals surface area contributed by atoms with E-state index in [1.165, 1.54) is 5.57 Å². The second kappa shape index (κ2) is 7.62. The van der Waals surface area contributed by atoms with E-state index in [-0.39, 0.29) is 23.9 Å². The molecule has 1 heterocycles. The maximum Gasteiger partial charge on any atom is 0.334 e. The summed E-state index contributed by atoms with van der Waals surface area (Å²) in [5.74, 6) is -0.211. The Kier molecular flexibility index (Phi) is 5.80. The van der Waals surface area contributed by atoms with Crippen molar-refractivity contribution in [1.29, 1.82) is 0 Å². The van der Waals surface area contributed by atoms with Gasteiger partial charge in [-0.05, 0) is 52.5 Å². The number of hydrogen-bond acceptors (Lipinski definition) is 3. The number of carbonyl (C=O) groups excluding carboxylic acids is 2. The van der Waals surface area contributed by atoms with Crippen LogP contribution in [0.1, 0.15) is 46.5 Å². The molecule has 23 heavy (non-hydrogen) atoms. The smallest absolute Gasteiger partial charge is 0.334 e. The Bertz CT molecular complexity index is 555. The predicted molar refractivity (Wildman–Crippen MR) is 90.7 cm³/mol. The zero-order valence-corrected chi connectivity index (χ0v) is 14.4. The largest absolute Gasteiger partial charge is 0.454 e. The maximum atomic E-state index is 12.7. The first-order chi connectivity index (χ1) is 11.0. The lowest BCUT2D eigenvalue weighted by Gasteiger charge is -2.23. The Morgan fingerprint density at radius 3 is 2.70 bits per heavy atom. The van der Waals surface area contributed by atoms with Crippen molar-refractivity contribution in [3.05, 3.63) is 35.5 Å². The molecule has 0 aromatic carbocycles. The third-order valence-electron chi connectivity index (χ3n) is 4.78. The molecule has 126 valence electrons. The number of esters is 1. The first-order valence-corrected chi connectivity index (χ1v) is 8.53. The van der Waals surface area contributed by atoms with Gasteiger partial charge < -0.3 is 9.64 Å². The Morgan fingerprint density at radius 1 is 1.35 bits per heavy atom. The summed E-state index contributed by atoms with van der Waals surface area (Å²) < 4.78 is 5.44. The maximum absolute atomic E-state index is 12.7. The molecule has 0 saturated carbocycles. The average molecular weight is 317 g/mol. The van der Waals surface area contributed by atoms with Crippen LogP contribution in [0.5, 0.6) is 0 Å². The number of rotatable bonds is 3. The van der Waals surface area contributed by atoms with Gasteiger partial charge in [-0.3, -0.25) is 4.79 Å². The van der Waals surface area contributed by atoms with Gasteiger partial charge in [0.15, 0.2) is 0 Å². The van der Waals surface area contributed by atoms with Gasteiger partial charge >= 0.3 is 5.97 Å². The van der Waals surface area contributed by atoms with Crippen LogP contribution in [0.3, 0.4) is 0 Å². The highest BCUT2D eigenvalue weighted by Gasteiger charge is 2.37. The van der Waals surface area contributed by atoms with Crippen molar-refractivity contribution in [2.75, 3.05) is 13.1 Å². The van der Waals surface area contributed by atoms with E-state index in [0.29, 0.717) is 25.1 Å². The minimum absolute atomic E-state index is 0.0246. The van der Waals surface area contributed by atoms with Crippen LogP contribution in [0.4, 0.5) is 0 Å². The summed E-state index contributed by atoms with van der Waals surface area (Å²) >= 11 is 0. The molecule has 2 rings (SSSR count). The molecule has 0 N–H and O–H groups in total. The number of nitrogens with zero attached hydrogens (tertiary/aromatic N) is 1. The molecule has 0 radical (unpaired) electrons. The van der Waals surface area contributed by atoms with Crippen LogP contribution in [0, 0.1) is 5.92 Å². The molecule has 2 aliphatic rings. The Labute approximate surface area is 138 Å². The highest BCUT2D eigenvalue weighted by atomic mass is 16.5. The van der Waals surface area contributed by atoms with Gasteiger partial charge in [0.1, 0.15) is 6.10 Å². The van der Waals surface area contributed by atoms with E-state index in [4.69, 9.17) is 4.74 Å². The number of carbonyl (C=O) groups is 2. The number of likely N-dealkylation sites (N-methyl/N-ethyl adjacent to an activating group) is 1. The molecule has 0 aromatic rings. The number of allylic oxidation sites excluding steroid dienone is 2. The summed E-state index contributed by atoms with van der Waals surface area (Å²) in [7, 11) is 0. The fraction of sp³-hybridized carbons (Fsp3) is 0.579. The lowest BCUT2D eigenvalue weighted by atomic mass is 9.87. The fourth-order valence-corrected chi connectivity index (χ4v) is 3.28. The molecular weight excluding hydrogens is 290 g/mol. The molecule has 4 heteroatoms. The molecular formula is C19H27NO3. The second-order valence-corrected chi connectivity index (χ2v) is 6.30. The van der Waals surface area contributed by atoms with Crippen molar-refractivity contribution in [2.45, 2.75) is 52.6 Å². The molecule has 0 aromatic heterocycles. The quantitative estimate of drug-likeness (QED) is 0.455. The van der Waals surface area contributed by atoms with Gasteiger partial charge in [0, 0.05) is 30.2 Å². The van der Waals surface area contributed by atoms with Crippen molar-refractivity contribution >= 4 is 11.9 Å². The topological polar surface area (TPSA) is 46.6 Å². The Balaban J connectivity index is 2.22. The van der Waals surface area contributed by atoms with Crippen LogP contribution in [0.2, 0.25) is 0 Å².